The topological polar surface area (TPSA) is 9.23 Å². The van der Waals surface area contributed by atoms with Crippen LogP contribution in [0.4, 0.5) is 0 Å². The average Bonchev–Trinajstić information content (AvgIpc) is 2.53. The summed E-state index contributed by atoms with van der Waals surface area (Å²) >= 11 is 7.34. The molecule has 0 aliphatic rings. The fraction of sp³-hybridized carbons (Fsp3) is 0.111. The highest BCUT2D eigenvalue weighted by atomic mass is 79.9. The molecule has 0 aliphatic heterocycles. The van der Waals surface area contributed by atoms with E-state index in [0.717, 1.165) is 10.2 Å². The van der Waals surface area contributed by atoms with E-state index in [1.165, 1.54) is 21.9 Å². The van der Waals surface area contributed by atoms with Crippen molar-refractivity contribution in [3.63, 3.8) is 0 Å². The van der Waals surface area contributed by atoms with Gasteiger partial charge in [0.2, 0.25) is 0 Å². The van der Waals surface area contributed by atoms with E-state index in [0.29, 0.717) is 0 Å². The van der Waals surface area contributed by atoms with Gasteiger partial charge in [-0.05, 0) is 56.0 Å². The summed E-state index contributed by atoms with van der Waals surface area (Å²) in [6, 6.07) is 21.1. The monoisotopic (exact) mass is 404 g/mol. The molecule has 3 aromatic carbocycles. The Balaban J connectivity index is 1.99. The van der Waals surface area contributed by atoms with Crippen LogP contribution in [-0.2, 0) is 0 Å². The summed E-state index contributed by atoms with van der Waals surface area (Å²) in [6.07, 6.45) is 0. The van der Waals surface area contributed by atoms with Gasteiger partial charge in [0.1, 0.15) is 5.75 Å². The van der Waals surface area contributed by atoms with E-state index in [2.05, 4.69) is 86.5 Å². The Hall–Kier alpha value is -1.32. The summed E-state index contributed by atoms with van der Waals surface area (Å²) in [5.41, 5.74) is 2.43. The van der Waals surface area contributed by atoms with Gasteiger partial charge in [-0.15, -0.1) is 0 Å². The zero-order chi connectivity index (χ0) is 14.8. The van der Waals surface area contributed by atoms with Crippen LogP contribution in [0.15, 0.2) is 65.1 Å². The van der Waals surface area contributed by atoms with E-state index in [9.17, 15) is 0 Å². The van der Waals surface area contributed by atoms with Crippen LogP contribution in [0.25, 0.3) is 10.8 Å². The SMILES string of the molecule is COc1ccc(C(Br)c2ccc3ccccc3c2)cc1Br. The molecule has 0 N–H and O–H groups in total. The Kier molecular flexibility index (Phi) is 4.32. The second kappa shape index (κ2) is 6.20. The third kappa shape index (κ3) is 2.99. The quantitative estimate of drug-likeness (QED) is 0.478. The first-order chi connectivity index (χ1) is 10.2. The van der Waals surface area contributed by atoms with E-state index in [1.807, 2.05) is 6.07 Å². The van der Waals surface area contributed by atoms with Crippen molar-refractivity contribution >= 4 is 42.6 Å². The standard InChI is InChI=1S/C18H14Br2O/c1-21-17-9-8-15(11-16(17)19)18(20)14-7-6-12-4-2-3-5-13(12)10-14/h2-11,18H,1H3. The highest BCUT2D eigenvalue weighted by Crippen LogP contribution is 2.36. The highest BCUT2D eigenvalue weighted by molar-refractivity contribution is 9.10. The summed E-state index contributed by atoms with van der Waals surface area (Å²) in [7, 11) is 1.68. The number of methoxy groups -OCH3 is 1. The average molecular weight is 406 g/mol. The van der Waals surface area contributed by atoms with Crippen LogP contribution in [0.2, 0.25) is 0 Å². The van der Waals surface area contributed by atoms with Gasteiger partial charge in [0.25, 0.3) is 0 Å². The maximum atomic E-state index is 5.28. The van der Waals surface area contributed by atoms with E-state index >= 15 is 0 Å². The molecule has 0 saturated carbocycles. The highest BCUT2D eigenvalue weighted by Gasteiger charge is 2.12. The summed E-state index contributed by atoms with van der Waals surface area (Å²) in [5, 5.41) is 2.52. The second-order valence-electron chi connectivity index (χ2n) is 4.86. The lowest BCUT2D eigenvalue weighted by Gasteiger charge is -2.13. The van der Waals surface area contributed by atoms with Gasteiger partial charge in [-0.3, -0.25) is 0 Å². The molecule has 3 aromatic rings. The molecule has 0 spiro atoms. The van der Waals surface area contributed by atoms with E-state index < -0.39 is 0 Å². The van der Waals surface area contributed by atoms with Crippen LogP contribution in [0.3, 0.4) is 0 Å². The third-order valence-electron chi connectivity index (χ3n) is 3.53. The molecule has 3 rings (SSSR count). The molecular weight excluding hydrogens is 392 g/mol. The lowest BCUT2D eigenvalue weighted by atomic mass is 10.0. The van der Waals surface area contributed by atoms with Gasteiger partial charge in [-0.1, -0.05) is 58.4 Å². The Morgan fingerprint density at radius 2 is 1.52 bits per heavy atom. The van der Waals surface area contributed by atoms with Crippen molar-refractivity contribution in [3.05, 3.63) is 76.3 Å². The Morgan fingerprint density at radius 3 is 2.24 bits per heavy atom. The van der Waals surface area contributed by atoms with Crippen LogP contribution in [0, 0.1) is 0 Å². The largest absolute Gasteiger partial charge is 0.496 e. The van der Waals surface area contributed by atoms with Gasteiger partial charge in [0, 0.05) is 0 Å². The van der Waals surface area contributed by atoms with E-state index in [1.54, 1.807) is 7.11 Å². The first-order valence-corrected chi connectivity index (χ1v) is 8.36. The minimum Gasteiger partial charge on any atom is -0.496 e. The molecule has 0 fully saturated rings. The molecule has 0 aromatic heterocycles. The summed E-state index contributed by atoms with van der Waals surface area (Å²) < 4.78 is 6.25. The number of hydrogen-bond donors (Lipinski definition) is 0. The molecule has 1 unspecified atom stereocenters. The summed E-state index contributed by atoms with van der Waals surface area (Å²) in [4.78, 5) is 0.157. The lowest BCUT2D eigenvalue weighted by molar-refractivity contribution is 0.412. The molecule has 0 bridgehead atoms. The second-order valence-corrected chi connectivity index (χ2v) is 6.63. The zero-order valence-electron chi connectivity index (χ0n) is 11.5. The smallest absolute Gasteiger partial charge is 0.133 e. The predicted octanol–water partition coefficient (Wildman–Crippen LogP) is 6.10. The molecule has 106 valence electrons. The maximum absolute atomic E-state index is 5.28. The Morgan fingerprint density at radius 1 is 0.857 bits per heavy atom. The van der Waals surface area contributed by atoms with E-state index in [-0.39, 0.29) is 4.83 Å². The van der Waals surface area contributed by atoms with Crippen molar-refractivity contribution < 1.29 is 4.74 Å². The van der Waals surface area contributed by atoms with Crippen LogP contribution in [-0.4, -0.2) is 7.11 Å². The predicted molar refractivity (Wildman–Crippen MR) is 95.4 cm³/mol. The Labute approximate surface area is 141 Å². The number of rotatable bonds is 3. The lowest BCUT2D eigenvalue weighted by Crippen LogP contribution is -1.94. The van der Waals surface area contributed by atoms with Crippen LogP contribution in [0.5, 0.6) is 5.75 Å². The van der Waals surface area contributed by atoms with Gasteiger partial charge in [0.15, 0.2) is 0 Å². The molecule has 1 nitrogen and oxygen atoms in total. The fourth-order valence-electron chi connectivity index (χ4n) is 2.40. The fourth-order valence-corrected chi connectivity index (χ4v) is 3.53. The first-order valence-electron chi connectivity index (χ1n) is 6.65. The van der Waals surface area contributed by atoms with Crippen molar-refractivity contribution in [2.24, 2.45) is 0 Å². The van der Waals surface area contributed by atoms with Crippen LogP contribution in [0.1, 0.15) is 16.0 Å². The van der Waals surface area contributed by atoms with Crippen molar-refractivity contribution in [3.8, 4) is 5.75 Å². The van der Waals surface area contributed by atoms with Crippen molar-refractivity contribution in [1.29, 1.82) is 0 Å². The molecule has 0 amide bonds. The van der Waals surface area contributed by atoms with Crippen molar-refractivity contribution in [2.45, 2.75) is 4.83 Å². The summed E-state index contributed by atoms with van der Waals surface area (Å²) in [6.45, 7) is 0. The third-order valence-corrected chi connectivity index (χ3v) is 5.21. The number of halogens is 2. The summed E-state index contributed by atoms with van der Waals surface area (Å²) in [5.74, 6) is 0.844. The maximum Gasteiger partial charge on any atom is 0.133 e. The van der Waals surface area contributed by atoms with Crippen LogP contribution < -0.4 is 4.74 Å². The molecule has 0 saturated heterocycles. The Bertz CT molecular complexity index is 783. The molecule has 0 heterocycles. The minimum absolute atomic E-state index is 0.157. The van der Waals surface area contributed by atoms with Crippen molar-refractivity contribution in [2.75, 3.05) is 7.11 Å². The molecule has 1 atom stereocenters. The van der Waals surface area contributed by atoms with E-state index in [4.69, 9.17) is 4.74 Å². The van der Waals surface area contributed by atoms with Gasteiger partial charge in [0.05, 0.1) is 16.4 Å². The minimum atomic E-state index is 0.157. The van der Waals surface area contributed by atoms with Gasteiger partial charge >= 0.3 is 0 Å². The molecule has 0 radical (unpaired) electrons. The normalized spacial score (nSPS) is 12.3. The van der Waals surface area contributed by atoms with Crippen LogP contribution >= 0.6 is 31.9 Å². The molecule has 21 heavy (non-hydrogen) atoms. The zero-order valence-corrected chi connectivity index (χ0v) is 14.7. The van der Waals surface area contributed by atoms with Gasteiger partial charge in [-0.2, -0.15) is 0 Å². The molecule has 3 heteroatoms. The van der Waals surface area contributed by atoms with Gasteiger partial charge < -0.3 is 4.74 Å². The number of alkyl halides is 1. The molecule has 0 aliphatic carbocycles. The number of hydrogen-bond acceptors (Lipinski definition) is 1. The molecular formula is C18H14Br2O. The number of ether oxygens (including phenoxy) is 1. The van der Waals surface area contributed by atoms with Gasteiger partial charge in [-0.25, -0.2) is 0 Å². The number of benzene rings is 3. The first kappa shape index (κ1) is 14.6. The number of fused-ring (bicyclic) bond motifs is 1. The van der Waals surface area contributed by atoms with Crippen molar-refractivity contribution in [1.82, 2.24) is 0 Å².